The fourth-order valence-electron chi connectivity index (χ4n) is 2.75. The molecule has 1 amide bonds. The van der Waals surface area contributed by atoms with Crippen LogP contribution in [0.1, 0.15) is 55.2 Å². The molecule has 0 saturated carbocycles. The van der Waals surface area contributed by atoms with E-state index in [4.69, 9.17) is 0 Å². The summed E-state index contributed by atoms with van der Waals surface area (Å²) in [6.45, 7) is 8.13. The van der Waals surface area contributed by atoms with Gasteiger partial charge in [0.15, 0.2) is 0 Å². The Kier molecular flexibility index (Phi) is 6.35. The minimum Gasteiger partial charge on any atom is -0.296 e. The van der Waals surface area contributed by atoms with Crippen molar-refractivity contribution in [2.24, 2.45) is 0 Å². The van der Waals surface area contributed by atoms with E-state index in [1.54, 1.807) is 37.3 Å². The second-order valence-electron chi connectivity index (χ2n) is 7.91. The van der Waals surface area contributed by atoms with E-state index < -0.39 is 16.1 Å². The Morgan fingerprint density at radius 1 is 1.00 bits per heavy atom. The Morgan fingerprint density at radius 3 is 2.23 bits per heavy atom. The Balaban J connectivity index is 1.69. The molecule has 2 aromatic carbocycles. The van der Waals surface area contributed by atoms with Gasteiger partial charge in [-0.1, -0.05) is 74.6 Å². The predicted octanol–water partition coefficient (Wildman–Crippen LogP) is 4.13. The maximum Gasteiger partial charge on any atom is 0.270 e. The fraction of sp³-hybridized carbons (Fsp3) is 0.286. The number of anilines is 1. The number of amides is 1. The number of nitrogens with one attached hydrogen (secondary N) is 2. The summed E-state index contributed by atoms with van der Waals surface area (Å²) in [5, 5.41) is 10.2. The van der Waals surface area contributed by atoms with Crippen molar-refractivity contribution in [3.8, 4) is 0 Å². The topological polar surface area (TPSA) is 101 Å². The van der Waals surface area contributed by atoms with Crippen molar-refractivity contribution in [3.05, 3.63) is 71.3 Å². The highest BCUT2D eigenvalue weighted by Crippen LogP contribution is 2.26. The first-order valence-electron chi connectivity index (χ1n) is 9.39. The van der Waals surface area contributed by atoms with Gasteiger partial charge in [0.2, 0.25) is 9.47 Å². The molecule has 1 atom stereocenters. The van der Waals surface area contributed by atoms with Crippen LogP contribution >= 0.6 is 11.3 Å². The van der Waals surface area contributed by atoms with Crippen molar-refractivity contribution in [2.45, 2.75) is 43.5 Å². The monoisotopic (exact) mass is 444 g/mol. The van der Waals surface area contributed by atoms with Crippen molar-refractivity contribution in [2.75, 3.05) is 5.32 Å². The number of rotatable bonds is 6. The first kappa shape index (κ1) is 22.1. The molecule has 0 aliphatic carbocycles. The third-order valence-corrected chi connectivity index (χ3v) is 7.25. The summed E-state index contributed by atoms with van der Waals surface area (Å²) >= 11 is 0.801. The normalized spacial score (nSPS) is 13.1. The molecule has 0 fully saturated rings. The molecule has 0 bridgehead atoms. The van der Waals surface area contributed by atoms with E-state index in [-0.39, 0.29) is 20.8 Å². The number of nitrogens with zero attached hydrogens (tertiary/aromatic N) is 2. The van der Waals surface area contributed by atoms with Crippen LogP contribution in [0.3, 0.4) is 0 Å². The van der Waals surface area contributed by atoms with Gasteiger partial charge in [-0.2, -0.15) is 0 Å². The quantitative estimate of drug-likeness (QED) is 0.557. The molecule has 7 nitrogen and oxygen atoms in total. The number of aromatic nitrogens is 2. The van der Waals surface area contributed by atoms with Gasteiger partial charge in [-0.15, -0.1) is 10.2 Å². The van der Waals surface area contributed by atoms with E-state index in [9.17, 15) is 13.2 Å². The molecule has 2 N–H and O–H groups in total. The third kappa shape index (κ3) is 5.29. The Labute approximate surface area is 180 Å². The number of benzene rings is 2. The third-order valence-electron chi connectivity index (χ3n) is 4.50. The van der Waals surface area contributed by atoms with Gasteiger partial charge >= 0.3 is 0 Å². The number of hydrogen-bond acceptors (Lipinski definition) is 6. The van der Waals surface area contributed by atoms with Gasteiger partial charge in [-0.3, -0.25) is 10.1 Å². The average molecular weight is 445 g/mol. The molecule has 3 rings (SSSR count). The lowest BCUT2D eigenvalue weighted by atomic mass is 9.86. The van der Waals surface area contributed by atoms with Crippen molar-refractivity contribution in [1.82, 2.24) is 14.9 Å². The molecule has 0 aliphatic rings. The molecule has 0 spiro atoms. The standard InChI is InChI=1S/C21H24N4O3S2/c1-14(15-10-12-17(13-11-15)21(2,3)4)25-30(27,28)20-24-23-19(29-20)22-18(26)16-8-6-5-7-9-16/h5-14,25H,1-4H3,(H,22,23,26). The van der Waals surface area contributed by atoms with Gasteiger partial charge in [0.1, 0.15) is 0 Å². The van der Waals surface area contributed by atoms with Crippen LogP contribution in [0, 0.1) is 0 Å². The van der Waals surface area contributed by atoms with Gasteiger partial charge < -0.3 is 0 Å². The molecular formula is C21H24N4O3S2. The zero-order chi connectivity index (χ0) is 21.9. The van der Waals surface area contributed by atoms with Crippen LogP contribution in [0.25, 0.3) is 0 Å². The maximum absolute atomic E-state index is 12.7. The number of hydrogen-bond donors (Lipinski definition) is 2. The number of sulfonamides is 1. The highest BCUT2D eigenvalue weighted by atomic mass is 32.2. The maximum atomic E-state index is 12.7. The molecule has 30 heavy (non-hydrogen) atoms. The largest absolute Gasteiger partial charge is 0.296 e. The molecule has 3 aromatic rings. The summed E-state index contributed by atoms with van der Waals surface area (Å²) < 4.78 is 27.8. The molecule has 1 heterocycles. The van der Waals surface area contributed by atoms with Gasteiger partial charge in [0.05, 0.1) is 0 Å². The lowest BCUT2D eigenvalue weighted by Gasteiger charge is -2.20. The zero-order valence-corrected chi connectivity index (χ0v) is 18.8. The lowest BCUT2D eigenvalue weighted by molar-refractivity contribution is 0.102. The Bertz CT molecular complexity index is 1120. The van der Waals surface area contributed by atoms with Crippen molar-refractivity contribution in [3.63, 3.8) is 0 Å². The molecule has 158 valence electrons. The number of carbonyl (C=O) groups is 1. The fourth-order valence-corrected chi connectivity index (χ4v) is 4.89. The molecule has 0 saturated heterocycles. The smallest absolute Gasteiger partial charge is 0.270 e. The molecular weight excluding hydrogens is 420 g/mol. The zero-order valence-electron chi connectivity index (χ0n) is 17.2. The summed E-state index contributed by atoms with van der Waals surface area (Å²) in [5.74, 6) is -0.379. The first-order valence-corrected chi connectivity index (χ1v) is 11.7. The SMILES string of the molecule is CC(NS(=O)(=O)c1nnc(NC(=O)c2ccccc2)s1)c1ccc(C(C)(C)C)cc1. The van der Waals surface area contributed by atoms with Crippen LogP contribution in [0.4, 0.5) is 5.13 Å². The summed E-state index contributed by atoms with van der Waals surface area (Å²) in [6, 6.07) is 16.0. The minimum absolute atomic E-state index is 0.0222. The summed E-state index contributed by atoms with van der Waals surface area (Å²) in [6.07, 6.45) is 0. The first-order chi connectivity index (χ1) is 14.1. The lowest BCUT2D eigenvalue weighted by Crippen LogP contribution is -2.27. The molecule has 0 aliphatic heterocycles. The molecule has 1 unspecified atom stereocenters. The van der Waals surface area contributed by atoms with Gasteiger partial charge in [-0.05, 0) is 35.6 Å². The minimum atomic E-state index is -3.88. The Hall–Kier alpha value is -2.62. The van der Waals surface area contributed by atoms with E-state index in [0.29, 0.717) is 5.56 Å². The summed E-state index contributed by atoms with van der Waals surface area (Å²) in [7, 11) is -3.88. The summed E-state index contributed by atoms with van der Waals surface area (Å²) in [5.41, 5.74) is 2.48. The van der Waals surface area contributed by atoms with Crippen LogP contribution in [-0.2, 0) is 15.4 Å². The summed E-state index contributed by atoms with van der Waals surface area (Å²) in [4.78, 5) is 12.2. The highest BCUT2D eigenvalue weighted by molar-refractivity contribution is 7.91. The van der Waals surface area contributed by atoms with E-state index in [2.05, 4.69) is 41.0 Å². The second kappa shape index (κ2) is 8.63. The average Bonchev–Trinajstić information content (AvgIpc) is 3.17. The molecule has 9 heteroatoms. The van der Waals surface area contributed by atoms with E-state index >= 15 is 0 Å². The van der Waals surface area contributed by atoms with Crippen LogP contribution in [0.2, 0.25) is 0 Å². The Morgan fingerprint density at radius 2 is 1.63 bits per heavy atom. The number of carbonyl (C=O) groups excluding carboxylic acids is 1. The molecule has 0 radical (unpaired) electrons. The van der Waals surface area contributed by atoms with Gasteiger partial charge in [0.25, 0.3) is 15.9 Å². The van der Waals surface area contributed by atoms with Crippen LogP contribution in [0.5, 0.6) is 0 Å². The van der Waals surface area contributed by atoms with Crippen molar-refractivity contribution < 1.29 is 13.2 Å². The van der Waals surface area contributed by atoms with E-state index in [0.717, 1.165) is 16.9 Å². The molecule has 1 aromatic heterocycles. The second-order valence-corrected chi connectivity index (χ2v) is 10.8. The van der Waals surface area contributed by atoms with Crippen LogP contribution in [-0.4, -0.2) is 24.5 Å². The van der Waals surface area contributed by atoms with Crippen molar-refractivity contribution in [1.29, 1.82) is 0 Å². The predicted molar refractivity (Wildman–Crippen MR) is 118 cm³/mol. The van der Waals surface area contributed by atoms with Crippen molar-refractivity contribution >= 4 is 32.4 Å². The van der Waals surface area contributed by atoms with Crippen LogP contribution < -0.4 is 10.0 Å². The van der Waals surface area contributed by atoms with E-state index in [1.807, 2.05) is 24.3 Å². The highest BCUT2D eigenvalue weighted by Gasteiger charge is 2.24. The van der Waals surface area contributed by atoms with Crippen LogP contribution in [0.15, 0.2) is 58.9 Å². The van der Waals surface area contributed by atoms with E-state index in [1.165, 1.54) is 5.56 Å². The van der Waals surface area contributed by atoms with Gasteiger partial charge in [0, 0.05) is 11.6 Å². The van der Waals surface area contributed by atoms with Gasteiger partial charge in [-0.25, -0.2) is 13.1 Å².